The van der Waals surface area contributed by atoms with Gasteiger partial charge in [-0.15, -0.1) is 0 Å². The summed E-state index contributed by atoms with van der Waals surface area (Å²) in [6.45, 7) is 4.92. The Morgan fingerprint density at radius 3 is 2.62 bits per heavy atom. The van der Waals surface area contributed by atoms with E-state index in [0.717, 1.165) is 25.1 Å². The van der Waals surface area contributed by atoms with E-state index in [1.807, 2.05) is 22.9 Å². The molecule has 1 aliphatic rings. The highest BCUT2D eigenvalue weighted by Crippen LogP contribution is 2.13. The van der Waals surface area contributed by atoms with Crippen molar-refractivity contribution in [3.05, 3.63) is 54.1 Å². The maximum absolute atomic E-state index is 12.2. The van der Waals surface area contributed by atoms with Crippen LogP contribution in [-0.4, -0.2) is 40.0 Å². The Morgan fingerprint density at radius 2 is 1.92 bits per heavy atom. The Hall–Kier alpha value is -2.14. The molecule has 5 nitrogen and oxygen atoms in total. The molecule has 0 spiro atoms. The van der Waals surface area contributed by atoms with Crippen LogP contribution in [0, 0.1) is 0 Å². The number of carbonyl (C=O) groups is 1. The number of hydrogen-bond donors (Lipinski definition) is 1. The van der Waals surface area contributed by atoms with Crippen molar-refractivity contribution in [2.75, 3.05) is 19.6 Å². The molecule has 1 aromatic heterocycles. The molecule has 0 saturated carbocycles. The van der Waals surface area contributed by atoms with Crippen molar-refractivity contribution in [3.8, 4) is 0 Å². The fourth-order valence-corrected chi connectivity index (χ4v) is 3.12. The van der Waals surface area contributed by atoms with E-state index in [1.165, 1.54) is 37.9 Å². The molecule has 0 bridgehead atoms. The largest absolute Gasteiger partial charge is 0.352 e. The number of piperidine rings is 1. The molecule has 1 aromatic carbocycles. The van der Waals surface area contributed by atoms with E-state index in [0.29, 0.717) is 6.54 Å². The normalized spacial score (nSPS) is 15.3. The van der Waals surface area contributed by atoms with Gasteiger partial charge < -0.3 is 9.88 Å². The molecule has 24 heavy (non-hydrogen) atoms. The molecule has 1 amide bonds. The van der Waals surface area contributed by atoms with Crippen molar-refractivity contribution >= 4 is 5.91 Å². The highest BCUT2D eigenvalue weighted by molar-refractivity contribution is 5.94. The summed E-state index contributed by atoms with van der Waals surface area (Å²) in [4.78, 5) is 18.7. The average molecular weight is 326 g/mol. The maximum atomic E-state index is 12.2. The van der Waals surface area contributed by atoms with E-state index in [4.69, 9.17) is 0 Å². The van der Waals surface area contributed by atoms with Crippen LogP contribution < -0.4 is 5.32 Å². The van der Waals surface area contributed by atoms with Gasteiger partial charge in [-0.25, -0.2) is 4.98 Å². The molecule has 0 radical (unpaired) electrons. The van der Waals surface area contributed by atoms with Gasteiger partial charge in [0.15, 0.2) is 0 Å². The second-order valence-electron chi connectivity index (χ2n) is 6.44. The average Bonchev–Trinajstić information content (AvgIpc) is 3.13. The molecule has 0 unspecified atom stereocenters. The zero-order chi connectivity index (χ0) is 16.6. The van der Waals surface area contributed by atoms with Gasteiger partial charge in [-0.1, -0.05) is 18.6 Å². The monoisotopic (exact) mass is 326 g/mol. The van der Waals surface area contributed by atoms with Gasteiger partial charge in [0.2, 0.25) is 0 Å². The molecule has 1 N–H and O–H groups in total. The lowest BCUT2D eigenvalue weighted by Gasteiger charge is -2.26. The van der Waals surface area contributed by atoms with E-state index in [2.05, 4.69) is 27.3 Å². The van der Waals surface area contributed by atoms with Crippen LogP contribution in [0.15, 0.2) is 43.0 Å². The highest BCUT2D eigenvalue weighted by atomic mass is 16.1. The second kappa shape index (κ2) is 8.64. The first-order chi connectivity index (χ1) is 11.8. The number of likely N-dealkylation sites (tertiary alicyclic amines) is 1. The van der Waals surface area contributed by atoms with E-state index >= 15 is 0 Å². The second-order valence-corrected chi connectivity index (χ2v) is 6.44. The summed E-state index contributed by atoms with van der Waals surface area (Å²) in [5.74, 6) is 0.00477. The van der Waals surface area contributed by atoms with Gasteiger partial charge in [-0.2, -0.15) is 0 Å². The molecule has 5 heteroatoms. The van der Waals surface area contributed by atoms with E-state index < -0.39 is 0 Å². The first-order valence-electron chi connectivity index (χ1n) is 8.86. The number of rotatable bonds is 7. The number of carbonyl (C=O) groups excluding carboxylic acids is 1. The van der Waals surface area contributed by atoms with E-state index in [9.17, 15) is 4.79 Å². The molecule has 0 atom stereocenters. The van der Waals surface area contributed by atoms with Gasteiger partial charge in [-0.05, 0) is 50.0 Å². The van der Waals surface area contributed by atoms with Crippen LogP contribution in [0.4, 0.5) is 0 Å². The molecule has 2 aromatic rings. The number of benzene rings is 1. The van der Waals surface area contributed by atoms with Crippen molar-refractivity contribution in [1.29, 1.82) is 0 Å². The number of imidazole rings is 1. The van der Waals surface area contributed by atoms with Gasteiger partial charge in [-0.3, -0.25) is 9.69 Å². The maximum Gasteiger partial charge on any atom is 0.251 e. The lowest BCUT2D eigenvalue weighted by molar-refractivity contribution is 0.0952. The third-order valence-corrected chi connectivity index (χ3v) is 4.51. The Balaban J connectivity index is 1.41. The minimum atomic E-state index is 0.00477. The fraction of sp³-hybridized carbons (Fsp3) is 0.474. The molecule has 3 rings (SSSR count). The van der Waals surface area contributed by atoms with Crippen molar-refractivity contribution in [1.82, 2.24) is 19.8 Å². The lowest BCUT2D eigenvalue weighted by atomic mass is 10.1. The van der Waals surface area contributed by atoms with Gasteiger partial charge in [0, 0.05) is 37.6 Å². The number of aromatic nitrogens is 2. The highest BCUT2D eigenvalue weighted by Gasteiger charge is 2.11. The summed E-state index contributed by atoms with van der Waals surface area (Å²) in [7, 11) is 0. The smallest absolute Gasteiger partial charge is 0.251 e. The molecule has 0 aliphatic carbocycles. The first-order valence-corrected chi connectivity index (χ1v) is 8.86. The molecule has 1 aliphatic heterocycles. The molecule has 128 valence electrons. The molecular weight excluding hydrogens is 300 g/mol. The Bertz CT molecular complexity index is 615. The van der Waals surface area contributed by atoms with Crippen LogP contribution in [0.1, 0.15) is 41.6 Å². The lowest BCUT2D eigenvalue weighted by Crippen LogP contribution is -2.29. The Kier molecular flexibility index (Phi) is 6.01. The Labute approximate surface area is 143 Å². The van der Waals surface area contributed by atoms with Crippen LogP contribution in [0.2, 0.25) is 0 Å². The molecule has 1 fully saturated rings. The van der Waals surface area contributed by atoms with Gasteiger partial charge in [0.1, 0.15) is 0 Å². The minimum Gasteiger partial charge on any atom is -0.352 e. The van der Waals surface area contributed by atoms with Crippen LogP contribution in [0.25, 0.3) is 0 Å². The van der Waals surface area contributed by atoms with Crippen molar-refractivity contribution < 1.29 is 4.79 Å². The summed E-state index contributed by atoms with van der Waals surface area (Å²) in [6.07, 6.45) is 10.4. The number of nitrogens with one attached hydrogen (secondary N) is 1. The first kappa shape index (κ1) is 16.7. The van der Waals surface area contributed by atoms with Crippen molar-refractivity contribution in [2.45, 2.75) is 38.8 Å². The van der Waals surface area contributed by atoms with Gasteiger partial charge in [0.05, 0.1) is 6.33 Å². The summed E-state index contributed by atoms with van der Waals surface area (Å²) in [5, 5.41) is 2.98. The van der Waals surface area contributed by atoms with Crippen molar-refractivity contribution in [3.63, 3.8) is 0 Å². The summed E-state index contributed by atoms with van der Waals surface area (Å²) in [5.41, 5.74) is 2.02. The van der Waals surface area contributed by atoms with Crippen LogP contribution >= 0.6 is 0 Å². The molecular formula is C19H26N4O. The topological polar surface area (TPSA) is 50.2 Å². The van der Waals surface area contributed by atoms with Crippen LogP contribution in [0.5, 0.6) is 0 Å². The van der Waals surface area contributed by atoms with Crippen molar-refractivity contribution in [2.24, 2.45) is 0 Å². The SMILES string of the molecule is O=C(NCCCn1ccnc1)c1ccc(CN2CCCCC2)cc1. The third kappa shape index (κ3) is 4.93. The number of nitrogens with zero attached hydrogens (tertiary/aromatic N) is 3. The van der Waals surface area contributed by atoms with E-state index in [1.54, 1.807) is 12.5 Å². The number of aryl methyl sites for hydroxylation is 1. The van der Waals surface area contributed by atoms with Crippen LogP contribution in [-0.2, 0) is 13.1 Å². The Morgan fingerprint density at radius 1 is 1.12 bits per heavy atom. The quantitative estimate of drug-likeness (QED) is 0.796. The number of hydrogen-bond acceptors (Lipinski definition) is 3. The summed E-state index contributed by atoms with van der Waals surface area (Å²) < 4.78 is 2.02. The predicted molar refractivity (Wildman–Crippen MR) is 94.7 cm³/mol. The zero-order valence-electron chi connectivity index (χ0n) is 14.2. The standard InChI is InChI=1S/C19H26N4O/c24-19(21-9-4-13-23-14-10-20-16-23)18-7-5-17(6-8-18)15-22-11-2-1-3-12-22/h5-8,10,14,16H,1-4,9,11-13,15H2,(H,21,24). The van der Waals surface area contributed by atoms with Gasteiger partial charge >= 0.3 is 0 Å². The summed E-state index contributed by atoms with van der Waals surface area (Å²) in [6, 6.07) is 8.03. The van der Waals surface area contributed by atoms with Gasteiger partial charge in [0.25, 0.3) is 5.91 Å². The summed E-state index contributed by atoms with van der Waals surface area (Å²) >= 11 is 0. The fourth-order valence-electron chi connectivity index (χ4n) is 3.12. The third-order valence-electron chi connectivity index (χ3n) is 4.51. The zero-order valence-corrected chi connectivity index (χ0v) is 14.2. The predicted octanol–water partition coefficient (Wildman–Crippen LogP) is 2.69. The van der Waals surface area contributed by atoms with Crippen LogP contribution in [0.3, 0.4) is 0 Å². The number of amides is 1. The minimum absolute atomic E-state index is 0.00477. The molecule has 2 heterocycles. The molecule has 1 saturated heterocycles. The van der Waals surface area contributed by atoms with E-state index in [-0.39, 0.29) is 5.91 Å².